The van der Waals surface area contributed by atoms with Crippen LogP contribution >= 0.6 is 11.8 Å². The molecule has 1 fully saturated rings. The number of hydrogen-bond donors (Lipinski definition) is 1. The second-order valence-electron chi connectivity index (χ2n) is 5.61. The Morgan fingerprint density at radius 3 is 2.57 bits per heavy atom. The summed E-state index contributed by atoms with van der Waals surface area (Å²) in [5.41, 5.74) is 0.798. The van der Waals surface area contributed by atoms with E-state index in [-0.39, 0.29) is 5.91 Å². The molecule has 0 heterocycles. The summed E-state index contributed by atoms with van der Waals surface area (Å²) >= 11 is 1.67. The summed E-state index contributed by atoms with van der Waals surface area (Å²) in [6.07, 6.45) is 10.5. The zero-order valence-electron chi connectivity index (χ0n) is 12.6. The zero-order valence-corrected chi connectivity index (χ0v) is 13.5. The van der Waals surface area contributed by atoms with E-state index in [9.17, 15) is 4.79 Å². The van der Waals surface area contributed by atoms with Gasteiger partial charge in [0.1, 0.15) is 0 Å². The molecule has 2 nitrogen and oxygen atoms in total. The van der Waals surface area contributed by atoms with Crippen LogP contribution in [0.1, 0.15) is 55.3 Å². The van der Waals surface area contributed by atoms with Crippen LogP contribution in [-0.4, -0.2) is 17.7 Å². The summed E-state index contributed by atoms with van der Waals surface area (Å²) in [6.45, 7) is 3.74. The molecule has 2 rings (SSSR count). The summed E-state index contributed by atoms with van der Waals surface area (Å²) < 4.78 is 0. The van der Waals surface area contributed by atoms with Crippen molar-refractivity contribution in [1.29, 1.82) is 0 Å². The number of benzene rings is 1. The highest BCUT2D eigenvalue weighted by molar-refractivity contribution is 7.99. The van der Waals surface area contributed by atoms with Gasteiger partial charge in [-0.3, -0.25) is 4.79 Å². The lowest BCUT2D eigenvalue weighted by Crippen LogP contribution is -2.35. The number of amides is 1. The third kappa shape index (κ3) is 5.24. The van der Waals surface area contributed by atoms with Crippen molar-refractivity contribution >= 4 is 17.7 Å². The molecule has 1 aliphatic carbocycles. The molecule has 1 aromatic rings. The van der Waals surface area contributed by atoms with E-state index in [1.807, 2.05) is 30.3 Å². The molecule has 1 aliphatic rings. The molecule has 21 heavy (non-hydrogen) atoms. The number of carbonyl (C=O) groups is 1. The van der Waals surface area contributed by atoms with Crippen LogP contribution in [0.2, 0.25) is 0 Å². The third-order valence-corrected chi connectivity index (χ3v) is 5.00. The van der Waals surface area contributed by atoms with Crippen molar-refractivity contribution in [3.8, 4) is 0 Å². The van der Waals surface area contributed by atoms with Gasteiger partial charge in [-0.15, -0.1) is 18.3 Å². The van der Waals surface area contributed by atoms with Gasteiger partial charge in [0, 0.05) is 16.7 Å². The van der Waals surface area contributed by atoms with E-state index in [1.54, 1.807) is 11.8 Å². The molecule has 1 aromatic carbocycles. The number of nitrogens with one attached hydrogen (secondary N) is 1. The number of carbonyl (C=O) groups excluding carboxylic acids is 1. The topological polar surface area (TPSA) is 29.1 Å². The first kappa shape index (κ1) is 16.2. The van der Waals surface area contributed by atoms with E-state index in [4.69, 9.17) is 0 Å². The fourth-order valence-electron chi connectivity index (χ4n) is 2.79. The van der Waals surface area contributed by atoms with Crippen LogP contribution in [0.25, 0.3) is 0 Å². The molecule has 1 amide bonds. The van der Waals surface area contributed by atoms with Crippen LogP contribution in [0.5, 0.6) is 0 Å². The maximum Gasteiger partial charge on any atom is 0.252 e. The highest BCUT2D eigenvalue weighted by atomic mass is 32.2. The summed E-state index contributed by atoms with van der Waals surface area (Å²) in [5, 5.41) is 3.24. The van der Waals surface area contributed by atoms with E-state index < -0.39 is 0 Å². The Labute approximate surface area is 132 Å². The van der Waals surface area contributed by atoms with Crippen molar-refractivity contribution < 1.29 is 4.79 Å². The second-order valence-corrected chi connectivity index (χ2v) is 6.67. The van der Waals surface area contributed by atoms with Gasteiger partial charge in [0.2, 0.25) is 0 Å². The minimum atomic E-state index is 0.0766. The zero-order chi connectivity index (χ0) is 14.9. The molecule has 0 radical (unpaired) electrons. The maximum absolute atomic E-state index is 12.5. The average Bonchev–Trinajstić information content (AvgIpc) is 2.48. The molecular weight excluding hydrogens is 278 g/mol. The van der Waals surface area contributed by atoms with Gasteiger partial charge in [-0.25, -0.2) is 0 Å². The Balaban J connectivity index is 1.99. The van der Waals surface area contributed by atoms with Crippen molar-refractivity contribution in [2.45, 2.75) is 55.9 Å². The van der Waals surface area contributed by atoms with Gasteiger partial charge in [-0.2, -0.15) is 0 Å². The van der Waals surface area contributed by atoms with Crippen molar-refractivity contribution in [2.24, 2.45) is 0 Å². The second kappa shape index (κ2) is 8.93. The lowest BCUT2D eigenvalue weighted by atomic mass is 9.96. The quantitative estimate of drug-likeness (QED) is 0.625. The van der Waals surface area contributed by atoms with Crippen molar-refractivity contribution in [3.63, 3.8) is 0 Å². The van der Waals surface area contributed by atoms with Crippen molar-refractivity contribution in [1.82, 2.24) is 5.32 Å². The highest BCUT2D eigenvalue weighted by Crippen LogP contribution is 2.23. The summed E-state index contributed by atoms with van der Waals surface area (Å²) in [4.78, 5) is 13.6. The molecule has 0 bridgehead atoms. The number of hydrogen-bond acceptors (Lipinski definition) is 2. The van der Waals surface area contributed by atoms with Gasteiger partial charge in [-0.1, -0.05) is 50.3 Å². The van der Waals surface area contributed by atoms with Crippen molar-refractivity contribution in [3.05, 3.63) is 42.5 Å². The standard InChI is InChI=1S/C18H25NOS/c1-2-14-21-17-13-9-8-12-16(17)18(20)19-15-10-6-4-3-5-7-11-15/h2,8-9,12-13,15H,1,3-7,10-11,14H2,(H,19,20). The van der Waals surface area contributed by atoms with E-state index >= 15 is 0 Å². The van der Waals surface area contributed by atoms with Crippen LogP contribution in [0, 0.1) is 0 Å². The molecule has 3 heteroatoms. The Hall–Kier alpha value is -1.22. The van der Waals surface area contributed by atoms with Gasteiger partial charge in [0.15, 0.2) is 0 Å². The fourth-order valence-corrected chi connectivity index (χ4v) is 3.58. The van der Waals surface area contributed by atoms with Crippen LogP contribution < -0.4 is 5.32 Å². The molecule has 0 spiro atoms. The first-order valence-corrected chi connectivity index (χ1v) is 8.93. The van der Waals surface area contributed by atoms with Crippen molar-refractivity contribution in [2.75, 3.05) is 5.75 Å². The molecule has 0 saturated heterocycles. The fraction of sp³-hybridized carbons (Fsp3) is 0.500. The lowest BCUT2D eigenvalue weighted by molar-refractivity contribution is 0.0927. The van der Waals surface area contributed by atoms with Gasteiger partial charge in [0.25, 0.3) is 5.91 Å². The van der Waals surface area contributed by atoms with Crippen LogP contribution in [0.15, 0.2) is 41.8 Å². The Morgan fingerprint density at radius 2 is 1.86 bits per heavy atom. The molecule has 1 saturated carbocycles. The van der Waals surface area contributed by atoms with Gasteiger partial charge in [-0.05, 0) is 25.0 Å². The van der Waals surface area contributed by atoms with Gasteiger partial charge in [0.05, 0.1) is 5.56 Å². The summed E-state index contributed by atoms with van der Waals surface area (Å²) in [7, 11) is 0. The average molecular weight is 303 g/mol. The van der Waals surface area contributed by atoms with E-state index in [0.717, 1.165) is 29.1 Å². The summed E-state index contributed by atoms with van der Waals surface area (Å²) in [6, 6.07) is 8.20. The Morgan fingerprint density at radius 1 is 1.19 bits per heavy atom. The predicted octanol–water partition coefficient (Wildman–Crippen LogP) is 4.81. The SMILES string of the molecule is C=CCSc1ccccc1C(=O)NC1CCCCCCC1. The smallest absolute Gasteiger partial charge is 0.252 e. The Bertz CT molecular complexity index is 464. The molecule has 0 aliphatic heterocycles. The molecule has 0 unspecified atom stereocenters. The normalized spacial score (nSPS) is 16.8. The van der Waals surface area contributed by atoms with Crippen LogP contribution in [0.3, 0.4) is 0 Å². The molecule has 114 valence electrons. The van der Waals surface area contributed by atoms with E-state index in [0.29, 0.717) is 6.04 Å². The number of thioether (sulfide) groups is 1. The predicted molar refractivity (Wildman–Crippen MR) is 90.9 cm³/mol. The monoisotopic (exact) mass is 303 g/mol. The van der Waals surface area contributed by atoms with E-state index in [1.165, 1.54) is 32.1 Å². The molecule has 0 atom stereocenters. The minimum absolute atomic E-state index is 0.0766. The van der Waals surface area contributed by atoms with Crippen LogP contribution in [0.4, 0.5) is 0 Å². The minimum Gasteiger partial charge on any atom is -0.349 e. The largest absolute Gasteiger partial charge is 0.349 e. The summed E-state index contributed by atoms with van der Waals surface area (Å²) in [5.74, 6) is 0.904. The molecule has 0 aromatic heterocycles. The third-order valence-electron chi connectivity index (χ3n) is 3.93. The van der Waals surface area contributed by atoms with Gasteiger partial charge < -0.3 is 5.32 Å². The van der Waals surface area contributed by atoms with Gasteiger partial charge >= 0.3 is 0 Å². The molecule has 1 N–H and O–H groups in total. The lowest BCUT2D eigenvalue weighted by Gasteiger charge is -2.21. The maximum atomic E-state index is 12.5. The van der Waals surface area contributed by atoms with Crippen LogP contribution in [-0.2, 0) is 0 Å². The molecular formula is C18H25NOS. The Kier molecular flexibility index (Phi) is 6.87. The van der Waals surface area contributed by atoms with E-state index in [2.05, 4.69) is 11.9 Å². The highest BCUT2D eigenvalue weighted by Gasteiger charge is 2.17. The number of rotatable bonds is 5. The first-order chi connectivity index (χ1) is 10.3. The first-order valence-electron chi connectivity index (χ1n) is 7.95.